The van der Waals surface area contributed by atoms with Crippen molar-refractivity contribution < 1.29 is 9.50 Å². The molecule has 0 aliphatic carbocycles. The highest BCUT2D eigenvalue weighted by atomic mass is 35.5. The summed E-state index contributed by atoms with van der Waals surface area (Å²) in [6.07, 6.45) is 2.78. The van der Waals surface area contributed by atoms with Gasteiger partial charge in [0, 0.05) is 24.2 Å². The van der Waals surface area contributed by atoms with Crippen molar-refractivity contribution in [3.05, 3.63) is 46.5 Å². The highest BCUT2D eigenvalue weighted by Crippen LogP contribution is 2.26. The minimum absolute atomic E-state index is 0.0564. The number of aliphatic hydroxyl groups is 1. The van der Waals surface area contributed by atoms with Crippen LogP contribution in [0.25, 0.3) is 0 Å². The van der Waals surface area contributed by atoms with Crippen LogP contribution < -0.4 is 16.4 Å². The Labute approximate surface area is 155 Å². The van der Waals surface area contributed by atoms with E-state index in [9.17, 15) is 9.50 Å². The van der Waals surface area contributed by atoms with Crippen LogP contribution in [0.15, 0.2) is 24.4 Å². The molecule has 138 valence electrons. The van der Waals surface area contributed by atoms with Crippen molar-refractivity contribution in [3.8, 4) is 0 Å². The third-order valence-electron chi connectivity index (χ3n) is 4.64. The maximum absolute atomic E-state index is 13.6. The largest absolute Gasteiger partial charge is 0.394 e. The second-order valence-corrected chi connectivity index (χ2v) is 6.82. The number of rotatable bonds is 4. The summed E-state index contributed by atoms with van der Waals surface area (Å²) in [4.78, 5) is 10.5. The van der Waals surface area contributed by atoms with Gasteiger partial charge in [-0.15, -0.1) is 0 Å². The van der Waals surface area contributed by atoms with E-state index >= 15 is 0 Å². The smallest absolute Gasteiger partial charge is 0.154 e. The van der Waals surface area contributed by atoms with E-state index in [0.717, 1.165) is 0 Å². The van der Waals surface area contributed by atoms with Gasteiger partial charge in [-0.3, -0.25) is 5.41 Å². The summed E-state index contributed by atoms with van der Waals surface area (Å²) < 4.78 is 13.6. The zero-order chi connectivity index (χ0) is 18.9. The summed E-state index contributed by atoms with van der Waals surface area (Å²) in [6, 6.07) is 4.22. The predicted octanol–water partition coefficient (Wildman–Crippen LogP) is 1.56. The zero-order valence-electron chi connectivity index (χ0n) is 14.0. The van der Waals surface area contributed by atoms with Gasteiger partial charge < -0.3 is 21.5 Å². The number of nitrogen functional groups attached to an aromatic ring is 1. The van der Waals surface area contributed by atoms with Crippen LogP contribution in [0.3, 0.4) is 0 Å². The van der Waals surface area contributed by atoms with Crippen molar-refractivity contribution in [1.82, 2.24) is 9.97 Å². The standard InChI is InChI=1S/C17H20ClFN6O/c18-13-10(2-1-3-11(13)19)14(20)15-16(21)24-12(8-23-15)25-6-4-17(22,9-26)5-7-25/h1-3,8,20,26H,4-7,9,22H2,(H2,21,24). The number of anilines is 2. The number of nitrogens with one attached hydrogen (secondary N) is 1. The van der Waals surface area contributed by atoms with Gasteiger partial charge in [0.15, 0.2) is 5.82 Å². The molecule has 7 nitrogen and oxygen atoms in total. The Bertz CT molecular complexity index is 838. The fourth-order valence-electron chi connectivity index (χ4n) is 2.90. The Hall–Kier alpha value is -2.29. The van der Waals surface area contributed by atoms with E-state index in [1.165, 1.54) is 24.4 Å². The lowest BCUT2D eigenvalue weighted by Crippen LogP contribution is -2.53. The van der Waals surface area contributed by atoms with Crippen molar-refractivity contribution in [2.24, 2.45) is 5.73 Å². The van der Waals surface area contributed by atoms with Gasteiger partial charge in [-0.25, -0.2) is 14.4 Å². The van der Waals surface area contributed by atoms with E-state index in [4.69, 9.17) is 28.5 Å². The molecule has 6 N–H and O–H groups in total. The Kier molecular flexibility index (Phi) is 5.08. The molecule has 0 atom stereocenters. The predicted molar refractivity (Wildman–Crippen MR) is 99.2 cm³/mol. The van der Waals surface area contributed by atoms with Gasteiger partial charge >= 0.3 is 0 Å². The molecule has 1 aromatic heterocycles. The summed E-state index contributed by atoms with van der Waals surface area (Å²) in [5, 5.41) is 17.4. The molecular formula is C17H20ClFN6O. The van der Waals surface area contributed by atoms with Gasteiger partial charge in [-0.1, -0.05) is 23.7 Å². The molecule has 1 aliphatic heterocycles. The number of aromatic nitrogens is 2. The third kappa shape index (κ3) is 3.48. The number of aliphatic hydroxyl groups excluding tert-OH is 1. The summed E-state index contributed by atoms with van der Waals surface area (Å²) >= 11 is 5.94. The van der Waals surface area contributed by atoms with Crippen LogP contribution in [0, 0.1) is 11.2 Å². The van der Waals surface area contributed by atoms with E-state index in [1.807, 2.05) is 4.90 Å². The van der Waals surface area contributed by atoms with E-state index in [0.29, 0.717) is 31.7 Å². The van der Waals surface area contributed by atoms with Crippen molar-refractivity contribution in [2.75, 3.05) is 30.3 Å². The maximum atomic E-state index is 13.6. The summed E-state index contributed by atoms with van der Waals surface area (Å²) in [7, 11) is 0. The number of hydrogen-bond donors (Lipinski definition) is 4. The first-order valence-electron chi connectivity index (χ1n) is 8.15. The van der Waals surface area contributed by atoms with Crippen LogP contribution in [0.1, 0.15) is 24.1 Å². The second-order valence-electron chi connectivity index (χ2n) is 6.45. The van der Waals surface area contributed by atoms with Crippen molar-refractivity contribution in [2.45, 2.75) is 18.4 Å². The molecule has 0 radical (unpaired) electrons. The van der Waals surface area contributed by atoms with E-state index < -0.39 is 11.4 Å². The maximum Gasteiger partial charge on any atom is 0.154 e. The van der Waals surface area contributed by atoms with Crippen LogP contribution in [0.4, 0.5) is 16.0 Å². The zero-order valence-corrected chi connectivity index (χ0v) is 14.8. The Morgan fingerprint density at radius 2 is 2.08 bits per heavy atom. The lowest BCUT2D eigenvalue weighted by Gasteiger charge is -2.38. The van der Waals surface area contributed by atoms with E-state index in [2.05, 4.69) is 9.97 Å². The molecular weight excluding hydrogens is 359 g/mol. The van der Waals surface area contributed by atoms with Crippen molar-refractivity contribution in [3.63, 3.8) is 0 Å². The molecule has 1 fully saturated rings. The number of hydrogen-bond acceptors (Lipinski definition) is 7. The summed E-state index contributed by atoms with van der Waals surface area (Å²) in [5.41, 5.74) is 11.8. The van der Waals surface area contributed by atoms with E-state index in [1.54, 1.807) is 0 Å². The highest BCUT2D eigenvalue weighted by molar-refractivity contribution is 6.35. The van der Waals surface area contributed by atoms with Crippen LogP contribution in [-0.4, -0.2) is 46.0 Å². The van der Waals surface area contributed by atoms with Gasteiger partial charge in [0.25, 0.3) is 0 Å². The van der Waals surface area contributed by atoms with Crippen LogP contribution >= 0.6 is 11.6 Å². The first-order valence-corrected chi connectivity index (χ1v) is 8.53. The highest BCUT2D eigenvalue weighted by Gasteiger charge is 2.30. The normalized spacial score (nSPS) is 16.5. The Balaban J connectivity index is 1.82. The minimum Gasteiger partial charge on any atom is -0.394 e. The Morgan fingerprint density at radius 3 is 2.69 bits per heavy atom. The summed E-state index contributed by atoms with van der Waals surface area (Å²) in [5.74, 6) is 0.0310. The molecule has 0 saturated carbocycles. The van der Waals surface area contributed by atoms with Gasteiger partial charge in [0.1, 0.15) is 17.3 Å². The molecule has 2 aromatic rings. The fourth-order valence-corrected chi connectivity index (χ4v) is 3.12. The minimum atomic E-state index is -0.612. The number of benzene rings is 1. The average molecular weight is 379 g/mol. The number of nitrogens with two attached hydrogens (primary N) is 2. The third-order valence-corrected chi connectivity index (χ3v) is 5.03. The van der Waals surface area contributed by atoms with Gasteiger partial charge in [0.2, 0.25) is 0 Å². The monoisotopic (exact) mass is 378 g/mol. The average Bonchev–Trinajstić information content (AvgIpc) is 2.64. The number of piperidine rings is 1. The summed E-state index contributed by atoms with van der Waals surface area (Å²) in [6.45, 7) is 1.19. The molecule has 0 unspecified atom stereocenters. The van der Waals surface area contributed by atoms with Crippen LogP contribution in [-0.2, 0) is 0 Å². The molecule has 9 heteroatoms. The van der Waals surface area contributed by atoms with Crippen molar-refractivity contribution >= 4 is 28.9 Å². The topological polar surface area (TPSA) is 125 Å². The van der Waals surface area contributed by atoms with Crippen LogP contribution in [0.5, 0.6) is 0 Å². The van der Waals surface area contributed by atoms with Gasteiger partial charge in [0.05, 0.1) is 23.5 Å². The molecule has 1 saturated heterocycles. The van der Waals surface area contributed by atoms with Crippen LogP contribution in [0.2, 0.25) is 5.02 Å². The second kappa shape index (κ2) is 7.14. The molecule has 3 rings (SSSR count). The van der Waals surface area contributed by atoms with E-state index in [-0.39, 0.29) is 34.4 Å². The SMILES string of the molecule is N=C(c1cccc(F)c1Cl)c1ncc(N2CCC(N)(CO)CC2)nc1N. The molecule has 1 aliphatic rings. The van der Waals surface area contributed by atoms with Gasteiger partial charge in [-0.2, -0.15) is 0 Å². The first-order chi connectivity index (χ1) is 12.3. The number of nitrogens with zero attached hydrogens (tertiary/aromatic N) is 3. The molecule has 0 amide bonds. The molecule has 0 bridgehead atoms. The molecule has 26 heavy (non-hydrogen) atoms. The molecule has 2 heterocycles. The Morgan fingerprint density at radius 1 is 1.38 bits per heavy atom. The fraction of sp³-hybridized carbons (Fsp3) is 0.353. The number of halogens is 2. The first kappa shape index (κ1) is 18.5. The van der Waals surface area contributed by atoms with Gasteiger partial charge in [-0.05, 0) is 18.9 Å². The van der Waals surface area contributed by atoms with Crippen molar-refractivity contribution in [1.29, 1.82) is 5.41 Å². The lowest BCUT2D eigenvalue weighted by molar-refractivity contribution is 0.170. The quantitative estimate of drug-likeness (QED) is 0.598. The lowest BCUT2D eigenvalue weighted by atomic mass is 9.90. The molecule has 1 aromatic carbocycles. The molecule has 0 spiro atoms.